The predicted octanol–water partition coefficient (Wildman–Crippen LogP) is 2.88. The van der Waals surface area contributed by atoms with Gasteiger partial charge in [0.25, 0.3) is 0 Å². The van der Waals surface area contributed by atoms with Crippen LogP contribution in [0.3, 0.4) is 0 Å². The molecule has 1 aromatic rings. The van der Waals surface area contributed by atoms with Crippen LogP contribution in [0.15, 0.2) is 12.1 Å². The minimum Gasteiger partial charge on any atom is -0.496 e. The monoisotopic (exact) mass is 273 g/mol. The average Bonchev–Trinajstić information content (AvgIpc) is 3.15. The Morgan fingerprint density at radius 1 is 1.30 bits per heavy atom. The standard InChI is InChI=1S/C17H23NO2/c1-11-4-5-13(16(20-3)12(11)2)15(19)14-10-17(14)6-8-18-9-7-17/h4-5,14,18H,6-10H2,1-3H3. The van der Waals surface area contributed by atoms with Gasteiger partial charge in [-0.15, -0.1) is 0 Å². The third-order valence-corrected chi connectivity index (χ3v) is 5.25. The molecular formula is C17H23NO2. The van der Waals surface area contributed by atoms with Gasteiger partial charge in [0.1, 0.15) is 5.75 Å². The van der Waals surface area contributed by atoms with Crippen molar-refractivity contribution in [3.63, 3.8) is 0 Å². The van der Waals surface area contributed by atoms with Crippen molar-refractivity contribution in [3.05, 3.63) is 28.8 Å². The summed E-state index contributed by atoms with van der Waals surface area (Å²) in [5.41, 5.74) is 3.31. The first-order valence-corrected chi connectivity index (χ1v) is 7.48. The SMILES string of the molecule is COc1c(C(=O)C2CC23CCNCC3)ccc(C)c1C. The summed E-state index contributed by atoms with van der Waals surface area (Å²) in [6, 6.07) is 3.97. The molecule has 3 rings (SSSR count). The summed E-state index contributed by atoms with van der Waals surface area (Å²) in [7, 11) is 1.66. The smallest absolute Gasteiger partial charge is 0.170 e. The summed E-state index contributed by atoms with van der Waals surface area (Å²) in [4.78, 5) is 12.8. The molecule has 1 saturated carbocycles. The number of methoxy groups -OCH3 is 1. The van der Waals surface area contributed by atoms with Crippen molar-refractivity contribution in [3.8, 4) is 5.75 Å². The number of hydrogen-bond donors (Lipinski definition) is 1. The van der Waals surface area contributed by atoms with Crippen LogP contribution >= 0.6 is 0 Å². The zero-order valence-corrected chi connectivity index (χ0v) is 12.6. The van der Waals surface area contributed by atoms with Gasteiger partial charge in [-0.25, -0.2) is 0 Å². The first-order chi connectivity index (χ1) is 9.59. The van der Waals surface area contributed by atoms with E-state index >= 15 is 0 Å². The van der Waals surface area contributed by atoms with Crippen molar-refractivity contribution in [2.75, 3.05) is 20.2 Å². The molecule has 1 spiro atoms. The quantitative estimate of drug-likeness (QED) is 0.861. The number of benzene rings is 1. The molecule has 3 heteroatoms. The molecule has 0 bridgehead atoms. The number of ketones is 1. The Bertz CT molecular complexity index is 544. The van der Waals surface area contributed by atoms with Crippen LogP contribution in [0.5, 0.6) is 5.75 Å². The van der Waals surface area contributed by atoms with E-state index in [-0.39, 0.29) is 17.1 Å². The number of hydrogen-bond acceptors (Lipinski definition) is 3. The lowest BCUT2D eigenvalue weighted by molar-refractivity contribution is 0.0937. The summed E-state index contributed by atoms with van der Waals surface area (Å²) in [5.74, 6) is 1.26. The number of piperidine rings is 1. The Labute approximate surface area is 120 Å². The Balaban J connectivity index is 1.87. The number of carbonyl (C=O) groups excluding carboxylic acids is 1. The summed E-state index contributed by atoms with van der Waals surface area (Å²) in [6.45, 7) is 6.18. The second-order valence-electron chi connectivity index (χ2n) is 6.32. The third kappa shape index (κ3) is 2.05. The largest absolute Gasteiger partial charge is 0.496 e. The van der Waals surface area contributed by atoms with Crippen LogP contribution in [0.2, 0.25) is 0 Å². The van der Waals surface area contributed by atoms with E-state index in [4.69, 9.17) is 4.74 Å². The molecule has 2 fully saturated rings. The molecule has 2 aliphatic rings. The first kappa shape index (κ1) is 13.6. The highest BCUT2D eigenvalue weighted by molar-refractivity contribution is 6.03. The van der Waals surface area contributed by atoms with E-state index in [0.29, 0.717) is 0 Å². The van der Waals surface area contributed by atoms with Crippen LogP contribution in [-0.4, -0.2) is 26.0 Å². The maximum Gasteiger partial charge on any atom is 0.170 e. The highest BCUT2D eigenvalue weighted by Gasteiger charge is 2.57. The number of Topliss-reactive ketones (excluding diaryl/α,β-unsaturated/α-hetero) is 1. The summed E-state index contributed by atoms with van der Waals surface area (Å²) in [5, 5.41) is 3.38. The van der Waals surface area contributed by atoms with Gasteiger partial charge < -0.3 is 10.1 Å². The summed E-state index contributed by atoms with van der Waals surface area (Å²) >= 11 is 0. The van der Waals surface area contributed by atoms with Gasteiger partial charge >= 0.3 is 0 Å². The van der Waals surface area contributed by atoms with Crippen LogP contribution in [0.1, 0.15) is 40.7 Å². The van der Waals surface area contributed by atoms with Crippen LogP contribution in [0.4, 0.5) is 0 Å². The lowest BCUT2D eigenvalue weighted by atomic mass is 9.88. The molecular weight excluding hydrogens is 250 g/mol. The Morgan fingerprint density at radius 3 is 2.65 bits per heavy atom. The lowest BCUT2D eigenvalue weighted by Crippen LogP contribution is -2.30. The molecule has 1 aromatic carbocycles. The normalized spacial score (nSPS) is 23.6. The number of ether oxygens (including phenoxy) is 1. The van der Waals surface area contributed by atoms with Crippen LogP contribution in [-0.2, 0) is 0 Å². The van der Waals surface area contributed by atoms with E-state index in [2.05, 4.69) is 12.2 Å². The fourth-order valence-corrected chi connectivity index (χ4v) is 3.63. The predicted molar refractivity (Wildman–Crippen MR) is 79.4 cm³/mol. The molecule has 108 valence electrons. The van der Waals surface area contributed by atoms with E-state index < -0.39 is 0 Å². The van der Waals surface area contributed by atoms with Crippen molar-refractivity contribution in [1.29, 1.82) is 0 Å². The van der Waals surface area contributed by atoms with Crippen LogP contribution in [0.25, 0.3) is 0 Å². The van der Waals surface area contributed by atoms with E-state index in [9.17, 15) is 4.79 Å². The van der Waals surface area contributed by atoms with E-state index in [1.807, 2.05) is 19.1 Å². The van der Waals surface area contributed by atoms with Crippen molar-refractivity contribution >= 4 is 5.78 Å². The topological polar surface area (TPSA) is 38.3 Å². The Morgan fingerprint density at radius 2 is 2.00 bits per heavy atom. The summed E-state index contributed by atoms with van der Waals surface area (Å²) in [6.07, 6.45) is 3.33. The fourth-order valence-electron chi connectivity index (χ4n) is 3.63. The highest BCUT2D eigenvalue weighted by Crippen LogP contribution is 2.60. The number of rotatable bonds is 3. The lowest BCUT2D eigenvalue weighted by Gasteiger charge is -2.23. The van der Waals surface area contributed by atoms with Crippen molar-refractivity contribution in [2.24, 2.45) is 11.3 Å². The molecule has 0 aromatic heterocycles. The fraction of sp³-hybridized carbons (Fsp3) is 0.588. The van der Waals surface area contributed by atoms with Gasteiger partial charge in [-0.05, 0) is 68.8 Å². The molecule has 1 aliphatic heterocycles. The van der Waals surface area contributed by atoms with Gasteiger partial charge in [0.15, 0.2) is 5.78 Å². The molecule has 0 amide bonds. The zero-order valence-electron chi connectivity index (χ0n) is 12.6. The molecule has 1 aliphatic carbocycles. The van der Waals surface area contributed by atoms with Gasteiger partial charge in [-0.3, -0.25) is 4.79 Å². The molecule has 0 radical (unpaired) electrons. The first-order valence-electron chi connectivity index (χ1n) is 7.48. The molecule has 1 atom stereocenters. The van der Waals surface area contributed by atoms with Gasteiger partial charge in [0.2, 0.25) is 0 Å². The van der Waals surface area contributed by atoms with Crippen LogP contribution < -0.4 is 10.1 Å². The molecule has 1 heterocycles. The van der Waals surface area contributed by atoms with E-state index in [1.165, 1.54) is 5.56 Å². The van der Waals surface area contributed by atoms with Crippen LogP contribution in [0, 0.1) is 25.2 Å². The Kier molecular flexibility index (Phi) is 3.33. The third-order valence-electron chi connectivity index (χ3n) is 5.25. The van der Waals surface area contributed by atoms with Crippen molar-refractivity contribution in [2.45, 2.75) is 33.1 Å². The van der Waals surface area contributed by atoms with Crippen molar-refractivity contribution in [1.82, 2.24) is 5.32 Å². The second kappa shape index (κ2) is 4.88. The number of carbonyl (C=O) groups is 1. The minimum absolute atomic E-state index is 0.209. The van der Waals surface area contributed by atoms with E-state index in [0.717, 1.165) is 49.2 Å². The van der Waals surface area contributed by atoms with Gasteiger partial charge in [0, 0.05) is 5.92 Å². The molecule has 1 unspecified atom stereocenters. The maximum atomic E-state index is 12.8. The van der Waals surface area contributed by atoms with Gasteiger partial charge in [-0.1, -0.05) is 6.07 Å². The minimum atomic E-state index is 0.209. The number of aryl methyl sites for hydroxylation is 1. The number of nitrogens with one attached hydrogen (secondary N) is 1. The molecule has 1 saturated heterocycles. The highest BCUT2D eigenvalue weighted by atomic mass is 16.5. The zero-order chi connectivity index (χ0) is 14.3. The molecule has 1 N–H and O–H groups in total. The average molecular weight is 273 g/mol. The molecule has 20 heavy (non-hydrogen) atoms. The maximum absolute atomic E-state index is 12.8. The Hall–Kier alpha value is -1.35. The van der Waals surface area contributed by atoms with Gasteiger partial charge in [0.05, 0.1) is 12.7 Å². The summed E-state index contributed by atoms with van der Waals surface area (Å²) < 4.78 is 5.50. The van der Waals surface area contributed by atoms with Crippen molar-refractivity contribution < 1.29 is 9.53 Å². The van der Waals surface area contributed by atoms with E-state index in [1.54, 1.807) is 7.11 Å². The molecule has 3 nitrogen and oxygen atoms in total. The second-order valence-corrected chi connectivity index (χ2v) is 6.32. The van der Waals surface area contributed by atoms with Gasteiger partial charge in [-0.2, -0.15) is 0 Å².